The minimum Gasteiger partial charge on any atom is -0.351 e. The lowest BCUT2D eigenvalue weighted by atomic mass is 10.2. The summed E-state index contributed by atoms with van der Waals surface area (Å²) in [5.41, 5.74) is 2.23. The quantitative estimate of drug-likeness (QED) is 0.365. The first kappa shape index (κ1) is 21.8. The van der Waals surface area contributed by atoms with Crippen molar-refractivity contribution < 1.29 is 9.18 Å². The predicted octanol–water partition coefficient (Wildman–Crippen LogP) is 3.64. The molecule has 2 heterocycles. The van der Waals surface area contributed by atoms with Gasteiger partial charge < -0.3 is 5.32 Å². The van der Waals surface area contributed by atoms with E-state index in [0.29, 0.717) is 28.4 Å². The summed E-state index contributed by atoms with van der Waals surface area (Å²) in [5.74, 6) is 0.0418. The van der Waals surface area contributed by atoms with Gasteiger partial charge in [0.15, 0.2) is 5.16 Å². The second kappa shape index (κ2) is 9.48. The number of thioether (sulfide) groups is 1. The van der Waals surface area contributed by atoms with Gasteiger partial charge in [0.1, 0.15) is 5.82 Å². The number of carbonyl (C=O) groups excluding carboxylic acids is 1. The zero-order chi connectivity index (χ0) is 23.5. The lowest BCUT2D eigenvalue weighted by Crippen LogP contribution is -2.25. The highest BCUT2D eigenvalue weighted by molar-refractivity contribution is 7.99. The van der Waals surface area contributed by atoms with Crippen molar-refractivity contribution in [3.8, 4) is 0 Å². The first-order chi connectivity index (χ1) is 16.6. The number of halogens is 1. The molecule has 0 spiro atoms. The number of hydrogen-bond acceptors (Lipinski definition) is 5. The maximum absolute atomic E-state index is 13.3. The number of aromatic nitrogens is 4. The van der Waals surface area contributed by atoms with Gasteiger partial charge in [0.2, 0.25) is 11.7 Å². The molecular formula is C25H20FN5O2S. The van der Waals surface area contributed by atoms with Crippen LogP contribution in [0.2, 0.25) is 0 Å². The Balaban J connectivity index is 1.45. The Morgan fingerprint density at radius 3 is 2.44 bits per heavy atom. The number of para-hydroxylation sites is 1. The molecule has 0 bridgehead atoms. The van der Waals surface area contributed by atoms with Gasteiger partial charge in [0, 0.05) is 6.54 Å². The number of hydrogen-bond donors (Lipinski definition) is 1. The Labute approximate surface area is 198 Å². The second-order valence-corrected chi connectivity index (χ2v) is 8.65. The molecule has 1 amide bonds. The number of amides is 1. The van der Waals surface area contributed by atoms with Crippen molar-refractivity contribution >= 4 is 34.3 Å². The maximum atomic E-state index is 13.3. The van der Waals surface area contributed by atoms with E-state index in [0.717, 1.165) is 11.1 Å². The predicted molar refractivity (Wildman–Crippen MR) is 129 cm³/mol. The summed E-state index contributed by atoms with van der Waals surface area (Å²) in [4.78, 5) is 25.7. The molecule has 0 aliphatic heterocycles. The zero-order valence-corrected chi connectivity index (χ0v) is 18.8. The molecule has 34 heavy (non-hydrogen) atoms. The zero-order valence-electron chi connectivity index (χ0n) is 18.0. The summed E-state index contributed by atoms with van der Waals surface area (Å²) in [6.45, 7) is 0.661. The molecule has 3 aromatic carbocycles. The van der Waals surface area contributed by atoms with Gasteiger partial charge in [0.25, 0.3) is 5.56 Å². The van der Waals surface area contributed by atoms with Crippen LogP contribution in [0.3, 0.4) is 0 Å². The van der Waals surface area contributed by atoms with Crippen LogP contribution in [0, 0.1) is 5.82 Å². The molecule has 5 aromatic rings. The lowest BCUT2D eigenvalue weighted by Gasteiger charge is -2.11. The minimum absolute atomic E-state index is 0.130. The van der Waals surface area contributed by atoms with Crippen LogP contribution in [0.15, 0.2) is 88.8 Å². The van der Waals surface area contributed by atoms with Gasteiger partial charge in [-0.05, 0) is 35.4 Å². The van der Waals surface area contributed by atoms with Gasteiger partial charge in [-0.1, -0.05) is 66.4 Å². The van der Waals surface area contributed by atoms with Crippen LogP contribution in [0.4, 0.5) is 4.39 Å². The van der Waals surface area contributed by atoms with Crippen LogP contribution in [0.25, 0.3) is 16.7 Å². The van der Waals surface area contributed by atoms with Crippen LogP contribution in [0.1, 0.15) is 11.1 Å². The van der Waals surface area contributed by atoms with Crippen molar-refractivity contribution in [1.29, 1.82) is 0 Å². The van der Waals surface area contributed by atoms with E-state index in [-0.39, 0.29) is 29.6 Å². The summed E-state index contributed by atoms with van der Waals surface area (Å²) < 4.78 is 16.6. The monoisotopic (exact) mass is 473 g/mol. The Morgan fingerprint density at radius 2 is 1.65 bits per heavy atom. The van der Waals surface area contributed by atoms with Gasteiger partial charge >= 0.3 is 0 Å². The van der Waals surface area contributed by atoms with Gasteiger partial charge in [0.05, 0.1) is 23.2 Å². The van der Waals surface area contributed by atoms with E-state index in [9.17, 15) is 14.0 Å². The van der Waals surface area contributed by atoms with E-state index in [1.807, 2.05) is 42.5 Å². The number of benzene rings is 3. The topological polar surface area (TPSA) is 81.3 Å². The number of carbonyl (C=O) groups is 1. The summed E-state index contributed by atoms with van der Waals surface area (Å²) in [6, 6.07) is 22.9. The van der Waals surface area contributed by atoms with E-state index in [2.05, 4.69) is 15.5 Å². The van der Waals surface area contributed by atoms with Gasteiger partial charge in [-0.2, -0.15) is 0 Å². The van der Waals surface area contributed by atoms with E-state index < -0.39 is 0 Å². The fraction of sp³-hybridized carbons (Fsp3) is 0.120. The molecule has 5 rings (SSSR count). The first-order valence-corrected chi connectivity index (χ1v) is 11.6. The molecule has 0 aliphatic rings. The molecule has 0 unspecified atom stereocenters. The summed E-state index contributed by atoms with van der Waals surface area (Å²) >= 11 is 1.25. The molecule has 0 aliphatic carbocycles. The molecule has 1 N–H and O–H groups in total. The molecule has 7 nitrogen and oxygen atoms in total. The van der Waals surface area contributed by atoms with Crippen LogP contribution >= 0.6 is 11.8 Å². The van der Waals surface area contributed by atoms with E-state index in [4.69, 9.17) is 0 Å². The van der Waals surface area contributed by atoms with Crippen LogP contribution in [-0.2, 0) is 17.9 Å². The Hall–Kier alpha value is -3.98. The van der Waals surface area contributed by atoms with Crippen molar-refractivity contribution in [3.05, 3.63) is 106 Å². The fourth-order valence-electron chi connectivity index (χ4n) is 3.72. The third-order valence-corrected chi connectivity index (χ3v) is 6.33. The maximum Gasteiger partial charge on any atom is 0.263 e. The Kier molecular flexibility index (Phi) is 6.09. The van der Waals surface area contributed by atoms with E-state index in [1.165, 1.54) is 28.5 Å². The number of nitrogens with one attached hydrogen (secondary N) is 1. The largest absolute Gasteiger partial charge is 0.351 e. The van der Waals surface area contributed by atoms with Crippen molar-refractivity contribution in [1.82, 2.24) is 24.5 Å². The third kappa shape index (κ3) is 4.42. The summed E-state index contributed by atoms with van der Waals surface area (Å²) in [5, 5.41) is 12.4. The van der Waals surface area contributed by atoms with Crippen molar-refractivity contribution in [2.24, 2.45) is 0 Å². The molecule has 0 atom stereocenters. The van der Waals surface area contributed by atoms with Gasteiger partial charge in [-0.3, -0.25) is 18.6 Å². The molecule has 170 valence electrons. The SMILES string of the molecule is O=C(CSc1nnc2n(Cc3ccc(F)cc3)c(=O)c3ccccc3n12)NCc1ccccc1. The van der Waals surface area contributed by atoms with E-state index >= 15 is 0 Å². The fourth-order valence-corrected chi connectivity index (χ4v) is 4.49. The first-order valence-electron chi connectivity index (χ1n) is 10.6. The molecule has 0 saturated carbocycles. The second-order valence-electron chi connectivity index (χ2n) is 7.70. The van der Waals surface area contributed by atoms with Crippen molar-refractivity contribution in [2.45, 2.75) is 18.2 Å². The molecule has 0 radical (unpaired) electrons. The molecular weight excluding hydrogens is 453 g/mol. The van der Waals surface area contributed by atoms with Crippen LogP contribution in [0.5, 0.6) is 0 Å². The third-order valence-electron chi connectivity index (χ3n) is 5.40. The van der Waals surface area contributed by atoms with Crippen molar-refractivity contribution in [3.63, 3.8) is 0 Å². The van der Waals surface area contributed by atoms with Crippen LogP contribution < -0.4 is 10.9 Å². The average Bonchev–Trinajstić information content (AvgIpc) is 3.30. The Bertz CT molecular complexity index is 1530. The standard InChI is InChI=1S/C25H20FN5O2S/c26-19-12-10-18(11-13-19)15-30-23(33)20-8-4-5-9-21(20)31-24(30)28-29-25(31)34-16-22(32)27-14-17-6-2-1-3-7-17/h1-13H,14-16H2,(H,27,32). The smallest absolute Gasteiger partial charge is 0.263 e. The van der Waals surface area contributed by atoms with Crippen LogP contribution in [-0.4, -0.2) is 30.8 Å². The van der Waals surface area contributed by atoms with E-state index in [1.54, 1.807) is 28.7 Å². The normalized spacial score (nSPS) is 11.2. The highest BCUT2D eigenvalue weighted by atomic mass is 32.2. The summed E-state index contributed by atoms with van der Waals surface area (Å²) in [6.07, 6.45) is 0. The number of rotatable bonds is 7. The molecule has 9 heteroatoms. The number of nitrogens with zero attached hydrogens (tertiary/aromatic N) is 4. The van der Waals surface area contributed by atoms with Gasteiger partial charge in [-0.15, -0.1) is 10.2 Å². The number of fused-ring (bicyclic) bond motifs is 3. The van der Waals surface area contributed by atoms with Gasteiger partial charge in [-0.25, -0.2) is 4.39 Å². The highest BCUT2D eigenvalue weighted by Crippen LogP contribution is 2.22. The molecule has 2 aromatic heterocycles. The van der Waals surface area contributed by atoms with Crippen molar-refractivity contribution in [2.75, 3.05) is 5.75 Å². The Morgan fingerprint density at radius 1 is 0.912 bits per heavy atom. The summed E-state index contributed by atoms with van der Waals surface area (Å²) in [7, 11) is 0. The molecule has 0 fully saturated rings. The molecule has 0 saturated heterocycles. The average molecular weight is 474 g/mol. The highest BCUT2D eigenvalue weighted by Gasteiger charge is 2.18. The lowest BCUT2D eigenvalue weighted by molar-refractivity contribution is -0.118. The minimum atomic E-state index is -0.341.